The number of carbonyl (C=O) groups excluding carboxylic acids is 1. The maximum atomic E-state index is 13.6. The van der Waals surface area contributed by atoms with Crippen LogP contribution in [0.15, 0.2) is 40.9 Å². The molecule has 1 aliphatic rings. The molecule has 0 saturated heterocycles. The zero-order chi connectivity index (χ0) is 19.8. The van der Waals surface area contributed by atoms with Crippen LogP contribution in [0.3, 0.4) is 0 Å². The van der Waals surface area contributed by atoms with Crippen molar-refractivity contribution >= 4 is 33.6 Å². The second-order valence-electron chi connectivity index (χ2n) is 7.76. The third-order valence-corrected chi connectivity index (χ3v) is 5.31. The van der Waals surface area contributed by atoms with Gasteiger partial charge >= 0.3 is 6.09 Å². The Bertz CT molecular complexity index is 866. The predicted molar refractivity (Wildman–Crippen MR) is 109 cm³/mol. The summed E-state index contributed by atoms with van der Waals surface area (Å²) in [7, 11) is 0. The monoisotopic (exact) mass is 453 g/mol. The van der Waals surface area contributed by atoms with Crippen LogP contribution in [0, 0.1) is 5.82 Å². The Morgan fingerprint density at radius 1 is 1.26 bits per heavy atom. The molecule has 0 unspecified atom stereocenters. The van der Waals surface area contributed by atoms with Crippen molar-refractivity contribution in [2.75, 3.05) is 6.54 Å². The third kappa shape index (κ3) is 4.82. The molecule has 0 aliphatic carbocycles. The number of benzene rings is 2. The molecule has 1 aliphatic heterocycles. The molecular formula is C21H22BrClFNO2. The van der Waals surface area contributed by atoms with Gasteiger partial charge in [0.15, 0.2) is 0 Å². The van der Waals surface area contributed by atoms with E-state index in [-0.39, 0.29) is 17.0 Å². The van der Waals surface area contributed by atoms with Crippen molar-refractivity contribution in [1.82, 2.24) is 4.90 Å². The number of carbonyl (C=O) groups is 1. The van der Waals surface area contributed by atoms with Crippen LogP contribution in [0.5, 0.6) is 0 Å². The highest BCUT2D eigenvalue weighted by Gasteiger charge is 2.29. The fraction of sp³-hybridized carbons (Fsp3) is 0.381. The number of hydrogen-bond donors (Lipinski definition) is 0. The van der Waals surface area contributed by atoms with Crippen LogP contribution in [-0.2, 0) is 11.3 Å². The van der Waals surface area contributed by atoms with Gasteiger partial charge in [-0.25, -0.2) is 9.18 Å². The Kier molecular flexibility index (Phi) is 5.82. The molecule has 3 rings (SSSR count). The number of rotatable bonds is 1. The quantitative estimate of drug-likeness (QED) is 0.491. The lowest BCUT2D eigenvalue weighted by Gasteiger charge is -2.26. The van der Waals surface area contributed by atoms with Gasteiger partial charge in [0.2, 0.25) is 0 Å². The SMILES string of the molecule is CC(C)(C)OC(=O)N1CC[C@H](c2ccc(F)c(Cl)c2)c2ccc(Br)cc2C1. The van der Waals surface area contributed by atoms with Crippen LogP contribution < -0.4 is 0 Å². The standard InChI is InChI=1S/C21H22BrClFNO2/c1-21(2,3)27-20(26)25-9-8-17(13-4-7-19(24)18(23)11-13)16-6-5-15(22)10-14(16)12-25/h4-7,10-11,17H,8-9,12H2,1-3H3/t17-/m1/s1. The van der Waals surface area contributed by atoms with Crippen LogP contribution in [0.1, 0.15) is 49.8 Å². The molecule has 6 heteroatoms. The molecule has 1 amide bonds. The Labute approximate surface area is 172 Å². The first kappa shape index (κ1) is 20.2. The highest BCUT2D eigenvalue weighted by atomic mass is 79.9. The molecule has 27 heavy (non-hydrogen) atoms. The Hall–Kier alpha value is -1.59. The van der Waals surface area contributed by atoms with E-state index >= 15 is 0 Å². The zero-order valence-electron chi connectivity index (χ0n) is 15.6. The van der Waals surface area contributed by atoms with E-state index in [1.165, 1.54) is 6.07 Å². The lowest BCUT2D eigenvalue weighted by molar-refractivity contribution is 0.0235. The van der Waals surface area contributed by atoms with Crippen molar-refractivity contribution in [3.63, 3.8) is 0 Å². The maximum absolute atomic E-state index is 13.6. The van der Waals surface area contributed by atoms with Crippen molar-refractivity contribution in [2.24, 2.45) is 0 Å². The summed E-state index contributed by atoms with van der Waals surface area (Å²) in [5.74, 6) is -0.404. The molecule has 1 atom stereocenters. The van der Waals surface area contributed by atoms with E-state index in [2.05, 4.69) is 22.0 Å². The first-order chi connectivity index (χ1) is 12.6. The molecule has 144 valence electrons. The van der Waals surface area contributed by atoms with Crippen LogP contribution in [0.4, 0.5) is 9.18 Å². The average Bonchev–Trinajstić information content (AvgIpc) is 2.75. The van der Waals surface area contributed by atoms with Gasteiger partial charge in [-0.2, -0.15) is 0 Å². The van der Waals surface area contributed by atoms with E-state index in [1.54, 1.807) is 17.0 Å². The van der Waals surface area contributed by atoms with E-state index in [9.17, 15) is 9.18 Å². The van der Waals surface area contributed by atoms with Crippen molar-refractivity contribution < 1.29 is 13.9 Å². The number of amides is 1. The summed E-state index contributed by atoms with van der Waals surface area (Å²) in [6, 6.07) is 10.9. The van der Waals surface area contributed by atoms with E-state index in [0.29, 0.717) is 19.5 Å². The number of fused-ring (bicyclic) bond motifs is 1. The minimum atomic E-state index is -0.548. The summed E-state index contributed by atoms with van der Waals surface area (Å²) in [5.41, 5.74) is 2.55. The fourth-order valence-electron chi connectivity index (χ4n) is 3.33. The number of halogens is 3. The molecule has 0 fully saturated rings. The lowest BCUT2D eigenvalue weighted by atomic mass is 9.86. The summed E-state index contributed by atoms with van der Waals surface area (Å²) < 4.78 is 20.1. The average molecular weight is 455 g/mol. The topological polar surface area (TPSA) is 29.5 Å². The molecule has 0 N–H and O–H groups in total. The van der Waals surface area contributed by atoms with Gasteiger partial charge in [-0.1, -0.05) is 39.7 Å². The molecule has 0 bridgehead atoms. The molecule has 0 spiro atoms. The molecule has 0 saturated carbocycles. The fourth-order valence-corrected chi connectivity index (χ4v) is 3.93. The molecule has 3 nitrogen and oxygen atoms in total. The van der Waals surface area contributed by atoms with Crippen molar-refractivity contribution in [2.45, 2.75) is 45.3 Å². The van der Waals surface area contributed by atoms with Crippen LogP contribution in [-0.4, -0.2) is 23.1 Å². The van der Waals surface area contributed by atoms with Crippen molar-refractivity contribution in [3.8, 4) is 0 Å². The largest absolute Gasteiger partial charge is 0.444 e. The Morgan fingerprint density at radius 3 is 2.67 bits per heavy atom. The smallest absolute Gasteiger partial charge is 0.410 e. The van der Waals surface area contributed by atoms with Gasteiger partial charge in [0, 0.05) is 23.5 Å². The van der Waals surface area contributed by atoms with E-state index in [4.69, 9.17) is 16.3 Å². The number of ether oxygens (including phenoxy) is 1. The van der Waals surface area contributed by atoms with Crippen LogP contribution in [0.2, 0.25) is 5.02 Å². The number of hydrogen-bond acceptors (Lipinski definition) is 2. The summed E-state index contributed by atoms with van der Waals surface area (Å²) in [4.78, 5) is 14.3. The second kappa shape index (κ2) is 7.80. The van der Waals surface area contributed by atoms with E-state index in [1.807, 2.05) is 32.9 Å². The molecule has 2 aromatic rings. The summed E-state index contributed by atoms with van der Waals surface area (Å²) >= 11 is 9.52. The van der Waals surface area contributed by atoms with E-state index < -0.39 is 11.4 Å². The molecular weight excluding hydrogens is 433 g/mol. The van der Waals surface area contributed by atoms with Gasteiger partial charge in [-0.15, -0.1) is 0 Å². The minimum absolute atomic E-state index is 0.0265. The van der Waals surface area contributed by atoms with Crippen LogP contribution in [0.25, 0.3) is 0 Å². The van der Waals surface area contributed by atoms with Crippen molar-refractivity contribution in [1.29, 1.82) is 0 Å². The molecule has 2 aromatic carbocycles. The normalized spacial score (nSPS) is 17.3. The Morgan fingerprint density at radius 2 is 2.00 bits per heavy atom. The van der Waals surface area contributed by atoms with Crippen molar-refractivity contribution in [3.05, 3.63) is 68.4 Å². The van der Waals surface area contributed by atoms with Gasteiger partial charge in [-0.3, -0.25) is 0 Å². The molecule has 0 radical (unpaired) electrons. The summed E-state index contributed by atoms with van der Waals surface area (Å²) in [6.07, 6.45) is 0.377. The van der Waals surface area contributed by atoms with Gasteiger partial charge in [-0.05, 0) is 68.1 Å². The van der Waals surface area contributed by atoms with Gasteiger partial charge in [0.1, 0.15) is 11.4 Å². The molecule has 1 heterocycles. The molecule has 0 aromatic heterocycles. The summed E-state index contributed by atoms with van der Waals surface area (Å²) in [5, 5.41) is 0.111. The maximum Gasteiger partial charge on any atom is 0.410 e. The zero-order valence-corrected chi connectivity index (χ0v) is 17.9. The van der Waals surface area contributed by atoms with Gasteiger partial charge in [0.25, 0.3) is 0 Å². The van der Waals surface area contributed by atoms with E-state index in [0.717, 1.165) is 21.2 Å². The summed E-state index contributed by atoms with van der Waals surface area (Å²) in [6.45, 7) is 6.58. The highest BCUT2D eigenvalue weighted by molar-refractivity contribution is 9.10. The second-order valence-corrected chi connectivity index (χ2v) is 9.08. The van der Waals surface area contributed by atoms with Crippen LogP contribution >= 0.6 is 27.5 Å². The minimum Gasteiger partial charge on any atom is -0.444 e. The first-order valence-corrected chi connectivity index (χ1v) is 10.0. The first-order valence-electron chi connectivity index (χ1n) is 8.85. The Balaban J connectivity index is 1.97. The number of nitrogens with zero attached hydrogens (tertiary/aromatic N) is 1. The van der Waals surface area contributed by atoms with Gasteiger partial charge < -0.3 is 9.64 Å². The highest BCUT2D eigenvalue weighted by Crippen LogP contribution is 2.37. The third-order valence-electron chi connectivity index (χ3n) is 4.53. The van der Waals surface area contributed by atoms with Gasteiger partial charge in [0.05, 0.1) is 5.02 Å². The lowest BCUT2D eigenvalue weighted by Crippen LogP contribution is -2.36. The predicted octanol–water partition coefficient (Wildman–Crippen LogP) is 6.51.